The fourth-order valence-electron chi connectivity index (χ4n) is 3.92. The smallest absolute Gasteiger partial charge is 0.328 e. The van der Waals surface area contributed by atoms with Crippen molar-refractivity contribution in [2.75, 3.05) is 13.2 Å². The quantitative estimate of drug-likeness (QED) is 0.432. The lowest BCUT2D eigenvalue weighted by molar-refractivity contribution is 0.0626. The lowest BCUT2D eigenvalue weighted by Crippen LogP contribution is -2.22. The number of rotatable bonds is 6. The highest BCUT2D eigenvalue weighted by atomic mass is 16.5. The highest BCUT2D eigenvalue weighted by molar-refractivity contribution is 5.72. The first kappa shape index (κ1) is 19.6. The first-order valence-corrected chi connectivity index (χ1v) is 10.5. The molecule has 0 saturated carbocycles. The van der Waals surface area contributed by atoms with Crippen LogP contribution in [0.25, 0.3) is 33.9 Å². The van der Waals surface area contributed by atoms with Gasteiger partial charge in [-0.05, 0) is 25.2 Å². The van der Waals surface area contributed by atoms with Gasteiger partial charge in [0.2, 0.25) is 0 Å². The Morgan fingerprint density at radius 3 is 2.65 bits per heavy atom. The molecule has 0 aliphatic carbocycles. The number of benzene rings is 1. The molecule has 4 heterocycles. The van der Waals surface area contributed by atoms with Crippen LogP contribution in [0.5, 0.6) is 0 Å². The number of nitrogens with two attached hydrogens (primary N) is 1. The summed E-state index contributed by atoms with van der Waals surface area (Å²) in [5.41, 5.74) is 8.99. The molecule has 0 spiro atoms. The van der Waals surface area contributed by atoms with Gasteiger partial charge in [-0.2, -0.15) is 5.10 Å². The molecule has 31 heavy (non-hydrogen) atoms. The Hall–Kier alpha value is -3.37. The fourth-order valence-corrected chi connectivity index (χ4v) is 3.92. The molecule has 0 unspecified atom stereocenters. The van der Waals surface area contributed by atoms with Gasteiger partial charge < -0.3 is 10.5 Å². The van der Waals surface area contributed by atoms with Gasteiger partial charge in [-0.25, -0.2) is 19.7 Å². The van der Waals surface area contributed by atoms with E-state index in [1.165, 1.54) is 0 Å². The van der Waals surface area contributed by atoms with Crippen LogP contribution in [0.2, 0.25) is 0 Å². The van der Waals surface area contributed by atoms with E-state index in [4.69, 9.17) is 15.5 Å². The van der Waals surface area contributed by atoms with Crippen molar-refractivity contribution in [3.8, 4) is 22.6 Å². The second-order valence-corrected chi connectivity index (χ2v) is 7.74. The topological polar surface area (TPSA) is 140 Å². The van der Waals surface area contributed by atoms with E-state index in [0.717, 1.165) is 43.6 Å². The Labute approximate surface area is 177 Å². The number of nitrogens with zero attached hydrogens (tertiary/aromatic N) is 5. The first-order valence-electron chi connectivity index (χ1n) is 10.5. The van der Waals surface area contributed by atoms with Gasteiger partial charge in [-0.1, -0.05) is 24.3 Å². The van der Waals surface area contributed by atoms with Gasteiger partial charge in [-0.15, -0.1) is 0 Å². The molecule has 0 atom stereocenters. The summed E-state index contributed by atoms with van der Waals surface area (Å²) in [5, 5.41) is 6.99. The molecule has 4 aromatic rings. The van der Waals surface area contributed by atoms with Crippen molar-refractivity contribution in [3.05, 3.63) is 46.8 Å². The maximum Gasteiger partial charge on any atom is 0.328 e. The van der Waals surface area contributed by atoms with Gasteiger partial charge >= 0.3 is 5.69 Å². The number of imidazole rings is 1. The van der Waals surface area contributed by atoms with Crippen LogP contribution in [0.1, 0.15) is 25.1 Å². The molecule has 0 bridgehead atoms. The molecular formula is C21H24N8O2. The zero-order valence-corrected chi connectivity index (χ0v) is 17.0. The molecule has 0 radical (unpaired) electrons. The summed E-state index contributed by atoms with van der Waals surface area (Å²) in [7, 11) is 0. The van der Waals surface area contributed by atoms with Crippen molar-refractivity contribution in [1.29, 1.82) is 0 Å². The van der Waals surface area contributed by atoms with E-state index in [9.17, 15) is 4.79 Å². The Bertz CT molecular complexity index is 1230. The number of hydrogen-bond donors (Lipinski definition) is 3. The Morgan fingerprint density at radius 2 is 1.90 bits per heavy atom. The number of aromatic amines is 2. The second kappa shape index (κ2) is 8.40. The van der Waals surface area contributed by atoms with Gasteiger partial charge in [-0.3, -0.25) is 14.6 Å². The molecule has 10 nitrogen and oxygen atoms in total. The monoisotopic (exact) mass is 420 g/mol. The summed E-state index contributed by atoms with van der Waals surface area (Å²) in [4.78, 5) is 28.8. The third kappa shape index (κ3) is 3.99. The molecule has 5 rings (SSSR count). The van der Waals surface area contributed by atoms with Gasteiger partial charge in [0.05, 0.1) is 18.4 Å². The maximum absolute atomic E-state index is 12.5. The van der Waals surface area contributed by atoms with Crippen molar-refractivity contribution >= 4 is 11.3 Å². The summed E-state index contributed by atoms with van der Waals surface area (Å²) in [6, 6.07) is 7.75. The lowest BCUT2D eigenvalue weighted by atomic mass is 9.97. The van der Waals surface area contributed by atoms with Gasteiger partial charge in [0.25, 0.3) is 0 Å². The number of fused-ring (bicyclic) bond motifs is 1. The largest absolute Gasteiger partial charge is 0.381 e. The van der Waals surface area contributed by atoms with E-state index < -0.39 is 0 Å². The van der Waals surface area contributed by atoms with E-state index in [1.807, 2.05) is 24.3 Å². The van der Waals surface area contributed by atoms with E-state index in [2.05, 4.69) is 25.1 Å². The average molecular weight is 420 g/mol. The van der Waals surface area contributed by atoms with Crippen LogP contribution in [0.4, 0.5) is 0 Å². The van der Waals surface area contributed by atoms with E-state index in [-0.39, 0.29) is 5.69 Å². The predicted molar refractivity (Wildman–Crippen MR) is 115 cm³/mol. The Balaban J connectivity index is 1.40. The normalized spacial score (nSPS) is 15.0. The predicted octanol–water partition coefficient (Wildman–Crippen LogP) is 1.85. The minimum Gasteiger partial charge on any atom is -0.381 e. The zero-order valence-electron chi connectivity index (χ0n) is 17.0. The van der Waals surface area contributed by atoms with Crippen molar-refractivity contribution in [2.24, 2.45) is 11.7 Å². The molecule has 1 fully saturated rings. The highest BCUT2D eigenvalue weighted by Crippen LogP contribution is 2.23. The average Bonchev–Trinajstić information content (AvgIpc) is 3.42. The number of aromatic nitrogens is 7. The number of ether oxygens (including phenoxy) is 1. The Kier molecular flexibility index (Phi) is 5.31. The van der Waals surface area contributed by atoms with Gasteiger partial charge in [0.15, 0.2) is 17.1 Å². The number of H-pyrrole nitrogens is 2. The molecule has 3 aromatic heterocycles. The zero-order chi connectivity index (χ0) is 21.2. The van der Waals surface area contributed by atoms with E-state index >= 15 is 0 Å². The Morgan fingerprint density at radius 1 is 1.13 bits per heavy atom. The molecule has 160 valence electrons. The maximum atomic E-state index is 12.5. The van der Waals surface area contributed by atoms with E-state index in [1.54, 1.807) is 10.8 Å². The van der Waals surface area contributed by atoms with Crippen LogP contribution in [0, 0.1) is 5.92 Å². The van der Waals surface area contributed by atoms with Gasteiger partial charge in [0, 0.05) is 30.9 Å². The van der Waals surface area contributed by atoms with Crippen LogP contribution in [0.3, 0.4) is 0 Å². The van der Waals surface area contributed by atoms with Crippen molar-refractivity contribution in [2.45, 2.75) is 32.4 Å². The molecule has 0 amide bonds. The highest BCUT2D eigenvalue weighted by Gasteiger charge is 2.17. The van der Waals surface area contributed by atoms with Crippen LogP contribution < -0.4 is 11.4 Å². The number of nitrogens with one attached hydrogen (secondary N) is 2. The molecule has 1 aliphatic heterocycles. The second-order valence-electron chi connectivity index (χ2n) is 7.74. The van der Waals surface area contributed by atoms with Crippen LogP contribution in [-0.2, 0) is 17.8 Å². The molecule has 1 saturated heterocycles. The fraction of sp³-hybridized carbons (Fsp3) is 0.381. The first-order chi connectivity index (χ1) is 15.2. The summed E-state index contributed by atoms with van der Waals surface area (Å²) in [5.74, 6) is 1.81. The standard InChI is InChI=1S/C21H24N8O2/c22-11-17-25-18(28-27-17)15-3-1-14(2-4-15)16-12-23-19-20(24-16)29(21(30)26-19)8-5-13-6-9-31-10-7-13/h1-4,12-13H,5-11,22H2,(H,23,26,30)(H,25,27,28). The number of aryl methyl sites for hydroxylation is 1. The summed E-state index contributed by atoms with van der Waals surface area (Å²) < 4.78 is 7.12. The molecule has 4 N–H and O–H groups in total. The summed E-state index contributed by atoms with van der Waals surface area (Å²) in [6.45, 7) is 2.53. The van der Waals surface area contributed by atoms with Gasteiger partial charge in [0.1, 0.15) is 5.82 Å². The number of hydrogen-bond acceptors (Lipinski definition) is 7. The molecule has 1 aromatic carbocycles. The van der Waals surface area contributed by atoms with Crippen LogP contribution >= 0.6 is 0 Å². The van der Waals surface area contributed by atoms with Crippen molar-refractivity contribution < 1.29 is 4.74 Å². The summed E-state index contributed by atoms with van der Waals surface area (Å²) >= 11 is 0. The third-order valence-corrected chi connectivity index (χ3v) is 5.75. The summed E-state index contributed by atoms with van der Waals surface area (Å²) in [6.07, 6.45) is 4.68. The van der Waals surface area contributed by atoms with E-state index in [0.29, 0.717) is 47.6 Å². The molecule has 10 heteroatoms. The minimum atomic E-state index is -0.171. The van der Waals surface area contributed by atoms with Crippen molar-refractivity contribution in [1.82, 2.24) is 34.7 Å². The SMILES string of the molecule is NCc1nc(-c2ccc(-c3cnc4[nH]c(=O)n(CCC5CCOCC5)c4n3)cc2)n[nH]1. The minimum absolute atomic E-state index is 0.171. The molecular weight excluding hydrogens is 396 g/mol. The van der Waals surface area contributed by atoms with Crippen LogP contribution in [-0.4, -0.2) is 47.9 Å². The lowest BCUT2D eigenvalue weighted by Gasteiger charge is -2.21. The van der Waals surface area contributed by atoms with Crippen LogP contribution in [0.15, 0.2) is 35.3 Å². The molecule has 1 aliphatic rings. The van der Waals surface area contributed by atoms with Crippen molar-refractivity contribution in [3.63, 3.8) is 0 Å². The third-order valence-electron chi connectivity index (χ3n) is 5.75.